The second-order valence-electron chi connectivity index (χ2n) is 12.1. The molecule has 270 valence electrons. The first-order valence-electron chi connectivity index (χ1n) is 16.8. The van der Waals surface area contributed by atoms with Crippen LogP contribution < -0.4 is 20.7 Å². The van der Waals surface area contributed by atoms with Gasteiger partial charge in [0.2, 0.25) is 0 Å². The smallest absolute Gasteiger partial charge is 0.335 e. The summed E-state index contributed by atoms with van der Waals surface area (Å²) < 4.78 is 54.3. The van der Waals surface area contributed by atoms with E-state index in [2.05, 4.69) is 6.58 Å². The van der Waals surface area contributed by atoms with Crippen LogP contribution in [0.5, 0.6) is 11.5 Å². The minimum Gasteiger partial charge on any atom is -0.497 e. The van der Waals surface area contributed by atoms with Gasteiger partial charge in [0.1, 0.15) is 36.0 Å². The fourth-order valence-corrected chi connectivity index (χ4v) is 6.38. The molecule has 0 N–H and O–H groups in total. The molecule has 0 aliphatic carbocycles. The molecule has 6 rings (SSSR count). The van der Waals surface area contributed by atoms with Crippen LogP contribution >= 0.6 is 0 Å². The van der Waals surface area contributed by atoms with E-state index in [1.165, 1.54) is 18.3 Å². The summed E-state index contributed by atoms with van der Waals surface area (Å²) in [5.41, 5.74) is 0.642. The summed E-state index contributed by atoms with van der Waals surface area (Å²) in [6.45, 7) is 3.44. The number of hydrogen-bond donors (Lipinski definition) is 0. The predicted molar refractivity (Wildman–Crippen MR) is 193 cm³/mol. The third-order valence-corrected chi connectivity index (χ3v) is 9.01. The van der Waals surface area contributed by atoms with Crippen LogP contribution in [-0.4, -0.2) is 54.9 Å². The number of methoxy groups -OCH3 is 2. The van der Waals surface area contributed by atoms with Gasteiger partial charge in [-0.3, -0.25) is 9.36 Å². The first-order chi connectivity index (χ1) is 25.4. The summed E-state index contributed by atoms with van der Waals surface area (Å²) in [5, 5.41) is 0. The summed E-state index contributed by atoms with van der Waals surface area (Å²) >= 11 is 0. The summed E-state index contributed by atoms with van der Waals surface area (Å²) in [6, 6.07) is 35.2. The van der Waals surface area contributed by atoms with Gasteiger partial charge in [-0.15, -0.1) is 6.58 Å². The predicted octanol–water partition coefficient (Wildman–Crippen LogP) is 6.02. The molecule has 4 atom stereocenters. The highest BCUT2D eigenvalue weighted by Gasteiger charge is 2.49. The van der Waals surface area contributed by atoms with Crippen LogP contribution in [0.1, 0.15) is 28.5 Å². The zero-order chi connectivity index (χ0) is 36.5. The minimum atomic E-state index is -1.81. The quantitative estimate of drug-likeness (QED) is 0.0908. The third-order valence-electron chi connectivity index (χ3n) is 9.01. The number of halogens is 1. The van der Waals surface area contributed by atoms with Gasteiger partial charge in [0.15, 0.2) is 12.4 Å². The lowest BCUT2D eigenvalue weighted by Gasteiger charge is -2.37. The Morgan fingerprint density at radius 1 is 0.808 bits per heavy atom. The Labute approximate surface area is 301 Å². The van der Waals surface area contributed by atoms with E-state index in [4.69, 9.17) is 28.4 Å². The molecule has 52 heavy (non-hydrogen) atoms. The molecule has 11 heteroatoms. The molecule has 2 heterocycles. The number of hydrogen-bond acceptors (Lipinski definition) is 8. The van der Waals surface area contributed by atoms with Gasteiger partial charge < -0.3 is 28.4 Å². The summed E-state index contributed by atoms with van der Waals surface area (Å²) in [4.78, 5) is 26.4. The molecule has 0 radical (unpaired) electrons. The normalized spacial score (nSPS) is 18.6. The SMILES string of the molecule is C=CCO[C@H]1[C@@H](F)[C@H](n2ccc(=O)n(COCc3ccccc3)c2=O)O[C@@H]1COC(c1ccccc1)(c1ccc(OC)cc1)c1ccc(OC)cc1. The fraction of sp³-hybridized carbons (Fsp3) is 0.268. The maximum Gasteiger partial charge on any atom is 0.335 e. The van der Waals surface area contributed by atoms with E-state index in [1.807, 2.05) is 109 Å². The van der Waals surface area contributed by atoms with Gasteiger partial charge in [-0.25, -0.2) is 13.8 Å². The van der Waals surface area contributed by atoms with Crippen LogP contribution in [0.2, 0.25) is 0 Å². The molecule has 1 aliphatic rings. The first-order valence-corrected chi connectivity index (χ1v) is 16.8. The van der Waals surface area contributed by atoms with Crippen LogP contribution in [0.15, 0.2) is 144 Å². The monoisotopic (exact) mass is 708 g/mol. The van der Waals surface area contributed by atoms with Gasteiger partial charge in [0, 0.05) is 12.3 Å². The summed E-state index contributed by atoms with van der Waals surface area (Å²) in [6.07, 6.45) is -2.63. The molecule has 1 aliphatic heterocycles. The van der Waals surface area contributed by atoms with Gasteiger partial charge in [-0.1, -0.05) is 91.0 Å². The number of benzene rings is 4. The average Bonchev–Trinajstić information content (AvgIpc) is 3.50. The highest BCUT2D eigenvalue weighted by molar-refractivity contribution is 5.49. The van der Waals surface area contributed by atoms with E-state index in [-0.39, 0.29) is 26.6 Å². The van der Waals surface area contributed by atoms with Gasteiger partial charge >= 0.3 is 5.69 Å². The number of aromatic nitrogens is 2. The largest absolute Gasteiger partial charge is 0.497 e. The standard InChI is InChI=1S/C41H41FN2O8/c1-4-25-50-38-35(52-39(37(38)42)43-24-23-36(45)44(40(43)46)28-49-26-29-11-7-5-8-12-29)27-51-41(30-13-9-6-10-14-30,31-15-19-33(47-2)20-16-31)32-17-21-34(48-3)22-18-32/h4-24,35,37-39H,1,25-28H2,2-3H3/t35-,37-,38-,39-/m1/s1. The molecule has 4 aromatic carbocycles. The number of alkyl halides is 1. The zero-order valence-electron chi connectivity index (χ0n) is 29.0. The van der Waals surface area contributed by atoms with E-state index in [1.54, 1.807) is 14.2 Å². The Balaban J connectivity index is 1.34. The molecule has 5 aromatic rings. The fourth-order valence-electron chi connectivity index (χ4n) is 6.38. The van der Waals surface area contributed by atoms with Crippen molar-refractivity contribution in [3.63, 3.8) is 0 Å². The minimum absolute atomic E-state index is 0.0280. The highest BCUT2D eigenvalue weighted by Crippen LogP contribution is 2.43. The van der Waals surface area contributed by atoms with Gasteiger partial charge in [0.05, 0.1) is 34.0 Å². The molecule has 1 aromatic heterocycles. The van der Waals surface area contributed by atoms with Gasteiger partial charge in [0.25, 0.3) is 5.56 Å². The van der Waals surface area contributed by atoms with Crippen LogP contribution in [0.4, 0.5) is 4.39 Å². The van der Waals surface area contributed by atoms with Crippen molar-refractivity contribution in [1.29, 1.82) is 0 Å². The maximum atomic E-state index is 16.5. The molecular weight excluding hydrogens is 667 g/mol. The molecule has 0 bridgehead atoms. The van der Waals surface area contributed by atoms with Crippen molar-refractivity contribution in [3.8, 4) is 11.5 Å². The van der Waals surface area contributed by atoms with Crippen molar-refractivity contribution in [2.24, 2.45) is 0 Å². The van der Waals surface area contributed by atoms with E-state index in [9.17, 15) is 9.59 Å². The lowest BCUT2D eigenvalue weighted by atomic mass is 9.80. The van der Waals surface area contributed by atoms with Crippen molar-refractivity contribution in [2.75, 3.05) is 27.4 Å². The van der Waals surface area contributed by atoms with E-state index < -0.39 is 41.5 Å². The lowest BCUT2D eigenvalue weighted by molar-refractivity contribution is -0.102. The van der Waals surface area contributed by atoms with Crippen LogP contribution in [0.25, 0.3) is 0 Å². The van der Waals surface area contributed by atoms with Gasteiger partial charge in [-0.2, -0.15) is 0 Å². The Kier molecular flexibility index (Phi) is 11.8. The van der Waals surface area contributed by atoms with E-state index >= 15 is 4.39 Å². The summed E-state index contributed by atoms with van der Waals surface area (Å²) in [7, 11) is 3.19. The number of rotatable bonds is 16. The summed E-state index contributed by atoms with van der Waals surface area (Å²) in [5.74, 6) is 1.33. The molecular formula is C41H41FN2O8. The van der Waals surface area contributed by atoms with E-state index in [0.29, 0.717) is 11.5 Å². The number of ether oxygens (including phenoxy) is 6. The van der Waals surface area contributed by atoms with Crippen molar-refractivity contribution in [1.82, 2.24) is 9.13 Å². The Bertz CT molecular complexity index is 1970. The highest BCUT2D eigenvalue weighted by atomic mass is 19.1. The number of nitrogens with zero attached hydrogens (tertiary/aromatic N) is 2. The maximum absolute atomic E-state index is 16.5. The zero-order valence-corrected chi connectivity index (χ0v) is 29.0. The van der Waals surface area contributed by atoms with Crippen LogP contribution in [-0.2, 0) is 37.9 Å². The van der Waals surface area contributed by atoms with Crippen molar-refractivity contribution >= 4 is 0 Å². The first kappa shape index (κ1) is 36.5. The second kappa shape index (κ2) is 16.8. The Morgan fingerprint density at radius 3 is 1.96 bits per heavy atom. The average molecular weight is 709 g/mol. The lowest BCUT2D eigenvalue weighted by Crippen LogP contribution is -2.43. The molecule has 0 saturated carbocycles. The molecule has 0 spiro atoms. The van der Waals surface area contributed by atoms with Crippen molar-refractivity contribution < 1.29 is 32.8 Å². The second-order valence-corrected chi connectivity index (χ2v) is 12.1. The third kappa shape index (κ3) is 7.63. The topological polar surface area (TPSA) is 99.4 Å². The molecule has 0 amide bonds. The van der Waals surface area contributed by atoms with E-state index in [0.717, 1.165) is 31.4 Å². The molecule has 0 unspecified atom stereocenters. The van der Waals surface area contributed by atoms with Crippen LogP contribution in [0, 0.1) is 0 Å². The molecule has 1 fully saturated rings. The van der Waals surface area contributed by atoms with Crippen LogP contribution in [0.3, 0.4) is 0 Å². The molecule has 1 saturated heterocycles. The van der Waals surface area contributed by atoms with Crippen molar-refractivity contribution in [3.05, 3.63) is 177 Å². The van der Waals surface area contributed by atoms with Gasteiger partial charge in [-0.05, 0) is 46.5 Å². The Hall–Kier alpha value is -5.33. The van der Waals surface area contributed by atoms with Crippen molar-refractivity contribution in [2.45, 2.75) is 43.5 Å². The molecule has 10 nitrogen and oxygen atoms in total. The Morgan fingerprint density at radius 2 is 1.38 bits per heavy atom.